The van der Waals surface area contributed by atoms with Crippen molar-refractivity contribution in [3.05, 3.63) is 167 Å². The third-order valence-electron chi connectivity index (χ3n) is 10.2. The molecule has 11 heteroatoms. The van der Waals surface area contributed by atoms with Crippen LogP contribution in [0.5, 0.6) is 0 Å². The first-order valence-corrected chi connectivity index (χ1v) is 20.1. The number of hydrogen-bond donors (Lipinski definition) is 3. The van der Waals surface area contributed by atoms with E-state index in [2.05, 4.69) is 48.9 Å². The molecule has 0 fully saturated rings. The summed E-state index contributed by atoms with van der Waals surface area (Å²) in [5.74, 6) is -1.15. The molecule has 3 N–H and O–H groups in total. The average molecular weight is 812 g/mol. The second-order valence-corrected chi connectivity index (χ2v) is 15.5. The number of alkyl carbamates (subject to hydrolysis) is 1. The lowest BCUT2D eigenvalue weighted by Crippen LogP contribution is -2.53. The number of amides is 3. The van der Waals surface area contributed by atoms with E-state index in [9.17, 15) is 14.4 Å². The highest BCUT2D eigenvalue weighted by atomic mass is 16.5. The third kappa shape index (κ3) is 12.1. The van der Waals surface area contributed by atoms with E-state index >= 15 is 0 Å². The number of benzene rings is 5. The van der Waals surface area contributed by atoms with Crippen LogP contribution < -0.4 is 16.0 Å². The predicted molar refractivity (Wildman–Crippen MR) is 228 cm³/mol. The smallest absolute Gasteiger partial charge is 0.407 e. The molecule has 5 aromatic carbocycles. The first-order valence-electron chi connectivity index (χ1n) is 20.1. The molecule has 0 spiro atoms. The van der Waals surface area contributed by atoms with Crippen LogP contribution >= 0.6 is 0 Å². The lowest BCUT2D eigenvalue weighted by Gasteiger charge is -2.37. The Morgan fingerprint density at radius 2 is 1.08 bits per heavy atom. The third-order valence-corrected chi connectivity index (χ3v) is 10.2. The molecule has 6 rings (SSSR count). The van der Waals surface area contributed by atoms with Crippen LogP contribution in [0.15, 0.2) is 140 Å². The van der Waals surface area contributed by atoms with Crippen LogP contribution in [-0.2, 0) is 38.9 Å². The van der Waals surface area contributed by atoms with Gasteiger partial charge in [0, 0.05) is 19.1 Å². The Bertz CT molecular complexity index is 2030. The Balaban J connectivity index is 0.00000221. The fourth-order valence-electron chi connectivity index (χ4n) is 7.29. The van der Waals surface area contributed by atoms with Gasteiger partial charge in [-0.15, -0.1) is 0 Å². The number of rotatable bonds is 18. The minimum absolute atomic E-state index is 0.0607. The zero-order valence-electron chi connectivity index (χ0n) is 34.4. The fraction of sp³-hybridized carbons (Fsp3) is 0.306. The van der Waals surface area contributed by atoms with Gasteiger partial charge < -0.3 is 30.2 Å². The molecule has 60 heavy (non-hydrogen) atoms. The molecule has 5 aromatic rings. The summed E-state index contributed by atoms with van der Waals surface area (Å²) < 4.78 is 17.2. The summed E-state index contributed by atoms with van der Waals surface area (Å²) in [7, 11) is 0. The lowest BCUT2D eigenvalue weighted by atomic mass is 9.77. The van der Waals surface area contributed by atoms with Crippen molar-refractivity contribution in [3.63, 3.8) is 0 Å². The van der Waals surface area contributed by atoms with Gasteiger partial charge in [0.2, 0.25) is 11.8 Å². The summed E-state index contributed by atoms with van der Waals surface area (Å²) >= 11 is 0. The molecule has 0 saturated carbocycles. The lowest BCUT2D eigenvalue weighted by molar-refractivity contribution is -0.191. The monoisotopic (exact) mass is 811 g/mol. The Morgan fingerprint density at radius 3 is 1.57 bits per heavy atom. The van der Waals surface area contributed by atoms with Crippen molar-refractivity contribution in [2.24, 2.45) is 5.41 Å². The van der Waals surface area contributed by atoms with Crippen molar-refractivity contribution in [1.82, 2.24) is 16.0 Å². The Kier molecular flexibility index (Phi) is 16.5. The molecule has 1 atom stereocenters. The minimum Gasteiger partial charge on any atom is -0.449 e. The molecule has 312 valence electrons. The zero-order valence-corrected chi connectivity index (χ0v) is 34.4. The molecular weight excluding hydrogens is 759 g/mol. The van der Waals surface area contributed by atoms with Crippen molar-refractivity contribution in [2.75, 3.05) is 39.6 Å². The summed E-state index contributed by atoms with van der Waals surface area (Å²) in [5, 5.41) is 8.86. The Morgan fingerprint density at radius 1 is 0.633 bits per heavy atom. The Hall–Kier alpha value is -6.39. The molecule has 0 saturated heterocycles. The normalized spacial score (nSPS) is 12.4. The highest BCUT2D eigenvalue weighted by molar-refractivity contribution is 5.91. The van der Waals surface area contributed by atoms with E-state index in [1.54, 1.807) is 0 Å². The van der Waals surface area contributed by atoms with Gasteiger partial charge >= 0.3 is 12.2 Å². The fourth-order valence-corrected chi connectivity index (χ4v) is 7.29. The highest BCUT2D eigenvalue weighted by Gasteiger charge is 2.39. The van der Waals surface area contributed by atoms with E-state index in [-0.39, 0.29) is 43.7 Å². The highest BCUT2D eigenvalue weighted by Crippen LogP contribution is 2.44. The van der Waals surface area contributed by atoms with Crippen LogP contribution in [-0.4, -0.2) is 69.7 Å². The summed E-state index contributed by atoms with van der Waals surface area (Å²) in [4.78, 5) is 58.0. The Labute approximate surface area is 351 Å². The predicted octanol–water partition coefficient (Wildman–Crippen LogP) is 7.39. The standard InChI is InChI=1S/C48H53N3O6.CO2/c1-47(2,3)27-29-55-31-32-56-30-28-49-45(53)43(50-46(54)57-34-42-40-25-15-13-23-38(40)39-24-14-16-26-41(39)42)33-44(52)51-48(35-17-7-4-8-18-35,36-19-9-5-10-20-36)37-21-11-6-12-22-37;2-1-3/h4-26,42-43H,27-34H2,1-3H3,(H,49,53)(H,50,54)(H,51,52);/t43-;/m0./s1. The van der Waals surface area contributed by atoms with E-state index in [0.717, 1.165) is 45.4 Å². The first-order chi connectivity index (χ1) is 29.1. The molecule has 1 aliphatic rings. The molecule has 3 amide bonds. The van der Waals surface area contributed by atoms with Gasteiger partial charge in [0.1, 0.15) is 18.2 Å². The van der Waals surface area contributed by atoms with Crippen LogP contribution in [0.1, 0.15) is 67.3 Å². The largest absolute Gasteiger partial charge is 0.449 e. The molecule has 0 aliphatic heterocycles. The summed E-state index contributed by atoms with van der Waals surface area (Å²) in [6.07, 6.45) is 0.0406. The number of nitrogens with one attached hydrogen (secondary N) is 3. The minimum atomic E-state index is -1.25. The molecule has 0 unspecified atom stereocenters. The van der Waals surface area contributed by atoms with Crippen molar-refractivity contribution < 1.29 is 38.2 Å². The number of carbonyl (C=O) groups excluding carboxylic acids is 5. The maximum atomic E-state index is 14.4. The summed E-state index contributed by atoms with van der Waals surface area (Å²) in [6.45, 7) is 8.45. The molecule has 1 aliphatic carbocycles. The van der Waals surface area contributed by atoms with Crippen LogP contribution in [0.25, 0.3) is 11.1 Å². The molecule has 0 bridgehead atoms. The van der Waals surface area contributed by atoms with Crippen molar-refractivity contribution in [1.29, 1.82) is 0 Å². The van der Waals surface area contributed by atoms with Crippen molar-refractivity contribution in [2.45, 2.75) is 51.1 Å². The van der Waals surface area contributed by atoms with Gasteiger partial charge in [-0.2, -0.15) is 9.59 Å². The SMILES string of the molecule is CC(C)(C)CCOCCOCCNC(=O)[C@H](CC(=O)NC(c1ccccc1)(c1ccccc1)c1ccccc1)NC(=O)OCC1c2ccccc2-c2ccccc21.O=C=O. The first kappa shape index (κ1) is 44.7. The van der Waals surface area contributed by atoms with Gasteiger partial charge in [-0.1, -0.05) is 160 Å². The maximum Gasteiger partial charge on any atom is 0.407 e. The number of ether oxygens (including phenoxy) is 3. The van der Waals surface area contributed by atoms with Gasteiger partial charge in [-0.25, -0.2) is 4.79 Å². The average Bonchev–Trinajstić information content (AvgIpc) is 3.58. The molecule has 11 nitrogen and oxygen atoms in total. The summed E-state index contributed by atoms with van der Waals surface area (Å²) in [5.41, 5.74) is 5.94. The van der Waals surface area contributed by atoms with Crippen molar-refractivity contribution in [3.8, 4) is 11.1 Å². The van der Waals surface area contributed by atoms with Gasteiger partial charge in [-0.3, -0.25) is 9.59 Å². The van der Waals surface area contributed by atoms with Crippen LogP contribution in [0.3, 0.4) is 0 Å². The molecular formula is C49H53N3O8. The van der Waals surface area contributed by atoms with Crippen LogP contribution in [0, 0.1) is 5.41 Å². The quantitative estimate of drug-likeness (QED) is 0.0613. The molecule has 0 aromatic heterocycles. The summed E-state index contributed by atoms with van der Waals surface area (Å²) in [6, 6.07) is 44.1. The number of fused-ring (bicyclic) bond motifs is 3. The van der Waals surface area contributed by atoms with E-state index in [0.29, 0.717) is 19.8 Å². The van der Waals surface area contributed by atoms with Gasteiger partial charge in [-0.05, 0) is 50.8 Å². The maximum absolute atomic E-state index is 14.4. The molecule has 0 heterocycles. The zero-order chi connectivity index (χ0) is 42.8. The van der Waals surface area contributed by atoms with Crippen molar-refractivity contribution >= 4 is 24.1 Å². The topological polar surface area (TPSA) is 149 Å². The van der Waals surface area contributed by atoms with Gasteiger partial charge in [0.05, 0.1) is 26.2 Å². The number of hydrogen-bond acceptors (Lipinski definition) is 8. The molecule has 0 radical (unpaired) electrons. The van der Waals surface area contributed by atoms with E-state index in [4.69, 9.17) is 23.8 Å². The van der Waals surface area contributed by atoms with Crippen LogP contribution in [0.4, 0.5) is 4.79 Å². The second kappa shape index (κ2) is 22.1. The van der Waals surface area contributed by atoms with E-state index in [1.807, 2.05) is 127 Å². The second-order valence-electron chi connectivity index (χ2n) is 15.5. The van der Waals surface area contributed by atoms with E-state index in [1.165, 1.54) is 0 Å². The number of carbonyl (C=O) groups is 3. The van der Waals surface area contributed by atoms with E-state index < -0.39 is 29.5 Å². The van der Waals surface area contributed by atoms with Gasteiger partial charge in [0.15, 0.2) is 0 Å². The van der Waals surface area contributed by atoms with Crippen LogP contribution in [0.2, 0.25) is 0 Å². The van der Waals surface area contributed by atoms with Gasteiger partial charge in [0.25, 0.3) is 0 Å².